The fraction of sp³-hybridized carbons (Fsp3) is 0.333. The summed E-state index contributed by atoms with van der Waals surface area (Å²) in [6.45, 7) is 4.79. The third-order valence-electron chi connectivity index (χ3n) is 4.08. The van der Waals surface area contributed by atoms with E-state index in [0.717, 1.165) is 23.5 Å². The first-order chi connectivity index (χ1) is 10.1. The summed E-state index contributed by atoms with van der Waals surface area (Å²) in [7, 11) is 0. The van der Waals surface area contributed by atoms with Crippen LogP contribution in [0.1, 0.15) is 29.2 Å². The van der Waals surface area contributed by atoms with Crippen LogP contribution in [0.2, 0.25) is 0 Å². The predicted molar refractivity (Wildman–Crippen MR) is 83.8 cm³/mol. The van der Waals surface area contributed by atoms with Gasteiger partial charge in [0.25, 0.3) is 0 Å². The highest BCUT2D eigenvalue weighted by Gasteiger charge is 2.25. The quantitative estimate of drug-likeness (QED) is 0.917. The van der Waals surface area contributed by atoms with Crippen molar-refractivity contribution in [1.29, 1.82) is 0 Å². The van der Waals surface area contributed by atoms with Crippen molar-refractivity contribution in [2.45, 2.75) is 32.4 Å². The normalized spacial score (nSPS) is 18.9. The van der Waals surface area contributed by atoms with Gasteiger partial charge in [-0.3, -0.25) is 0 Å². The molecule has 0 saturated carbocycles. The van der Waals surface area contributed by atoms with E-state index in [1.54, 1.807) is 0 Å². The number of rotatable bonds is 2. The summed E-state index contributed by atoms with van der Waals surface area (Å²) in [5.74, 6) is 1.62. The number of fused-ring (bicyclic) bond motifs is 1. The number of hydrogen-bond donors (Lipinski definition) is 1. The maximum Gasteiger partial charge on any atom is 0.161 e. The second-order valence-corrected chi connectivity index (χ2v) is 5.61. The predicted octanol–water partition coefficient (Wildman–Crippen LogP) is 3.53. The lowest BCUT2D eigenvalue weighted by atomic mass is 10.0. The van der Waals surface area contributed by atoms with Gasteiger partial charge in [0, 0.05) is 6.42 Å². The summed E-state index contributed by atoms with van der Waals surface area (Å²) < 4.78 is 12.0. The van der Waals surface area contributed by atoms with E-state index < -0.39 is 0 Å². The minimum Gasteiger partial charge on any atom is -0.490 e. The Balaban J connectivity index is 1.87. The van der Waals surface area contributed by atoms with Crippen molar-refractivity contribution < 1.29 is 9.47 Å². The molecule has 0 radical (unpaired) electrons. The number of benzene rings is 2. The Morgan fingerprint density at radius 3 is 2.43 bits per heavy atom. The number of nitrogens with two attached hydrogens (primary N) is 1. The molecule has 1 heterocycles. The van der Waals surface area contributed by atoms with Gasteiger partial charge in [-0.15, -0.1) is 0 Å². The van der Waals surface area contributed by atoms with E-state index in [4.69, 9.17) is 15.2 Å². The monoisotopic (exact) mass is 283 g/mol. The Labute approximate surface area is 125 Å². The standard InChI is InChI=1S/C18H21NO2/c1-12-10-16-17(11-13(12)2)21-15(8-9-20-16)18(19)14-6-4-3-5-7-14/h3-7,10-11,15,18H,8-9,19H2,1-2H3. The molecule has 1 aliphatic heterocycles. The molecule has 0 aromatic heterocycles. The molecule has 110 valence electrons. The molecule has 0 amide bonds. The van der Waals surface area contributed by atoms with E-state index in [2.05, 4.69) is 13.8 Å². The average molecular weight is 283 g/mol. The summed E-state index contributed by atoms with van der Waals surface area (Å²) in [6.07, 6.45) is 0.707. The van der Waals surface area contributed by atoms with E-state index in [1.807, 2.05) is 42.5 Å². The summed E-state index contributed by atoms with van der Waals surface area (Å²) >= 11 is 0. The highest BCUT2D eigenvalue weighted by Crippen LogP contribution is 2.35. The molecule has 0 fully saturated rings. The lowest BCUT2D eigenvalue weighted by molar-refractivity contribution is 0.162. The zero-order valence-corrected chi connectivity index (χ0v) is 12.5. The van der Waals surface area contributed by atoms with Gasteiger partial charge in [-0.25, -0.2) is 0 Å². The van der Waals surface area contributed by atoms with Crippen LogP contribution >= 0.6 is 0 Å². The molecule has 2 aromatic carbocycles. The number of ether oxygens (including phenoxy) is 2. The average Bonchev–Trinajstić information content (AvgIpc) is 2.70. The zero-order chi connectivity index (χ0) is 14.8. The van der Waals surface area contributed by atoms with Gasteiger partial charge in [0.05, 0.1) is 12.6 Å². The van der Waals surface area contributed by atoms with Crippen molar-refractivity contribution >= 4 is 0 Å². The van der Waals surface area contributed by atoms with Crippen molar-refractivity contribution in [3.63, 3.8) is 0 Å². The van der Waals surface area contributed by atoms with Crippen LogP contribution in [0.15, 0.2) is 42.5 Å². The maximum atomic E-state index is 6.38. The molecular formula is C18H21NO2. The van der Waals surface area contributed by atoms with Crippen LogP contribution in [0, 0.1) is 13.8 Å². The topological polar surface area (TPSA) is 44.5 Å². The minimum absolute atomic E-state index is 0.0734. The van der Waals surface area contributed by atoms with Crippen molar-refractivity contribution in [3.8, 4) is 11.5 Å². The highest BCUT2D eigenvalue weighted by atomic mass is 16.5. The molecule has 3 nitrogen and oxygen atoms in total. The fourth-order valence-corrected chi connectivity index (χ4v) is 2.62. The minimum atomic E-state index is -0.151. The van der Waals surface area contributed by atoms with Gasteiger partial charge in [0.2, 0.25) is 0 Å². The van der Waals surface area contributed by atoms with Crippen LogP contribution in [0.4, 0.5) is 0 Å². The molecule has 2 atom stereocenters. The lowest BCUT2D eigenvalue weighted by Crippen LogP contribution is -2.31. The Morgan fingerprint density at radius 2 is 1.71 bits per heavy atom. The van der Waals surface area contributed by atoms with Crippen molar-refractivity contribution in [2.75, 3.05) is 6.61 Å². The van der Waals surface area contributed by atoms with E-state index in [1.165, 1.54) is 11.1 Å². The van der Waals surface area contributed by atoms with Gasteiger partial charge in [-0.2, -0.15) is 0 Å². The number of hydrogen-bond acceptors (Lipinski definition) is 3. The molecule has 2 unspecified atom stereocenters. The molecular weight excluding hydrogens is 262 g/mol. The fourth-order valence-electron chi connectivity index (χ4n) is 2.62. The molecule has 0 aliphatic carbocycles. The molecule has 0 spiro atoms. The van der Waals surface area contributed by atoms with E-state index in [-0.39, 0.29) is 12.1 Å². The first kappa shape index (κ1) is 14.0. The van der Waals surface area contributed by atoms with Gasteiger partial charge >= 0.3 is 0 Å². The van der Waals surface area contributed by atoms with Crippen LogP contribution in [-0.4, -0.2) is 12.7 Å². The molecule has 2 aromatic rings. The lowest BCUT2D eigenvalue weighted by Gasteiger charge is -2.23. The molecule has 3 heteroatoms. The van der Waals surface area contributed by atoms with Crippen molar-refractivity contribution in [1.82, 2.24) is 0 Å². The second-order valence-electron chi connectivity index (χ2n) is 5.61. The smallest absolute Gasteiger partial charge is 0.161 e. The summed E-state index contributed by atoms with van der Waals surface area (Å²) in [5, 5.41) is 0. The van der Waals surface area contributed by atoms with Crippen molar-refractivity contribution in [2.24, 2.45) is 5.73 Å². The van der Waals surface area contributed by atoms with Gasteiger partial charge < -0.3 is 15.2 Å². The molecule has 0 saturated heterocycles. The van der Waals surface area contributed by atoms with E-state index in [0.29, 0.717) is 6.61 Å². The number of aryl methyl sites for hydroxylation is 2. The second kappa shape index (κ2) is 5.78. The van der Waals surface area contributed by atoms with E-state index in [9.17, 15) is 0 Å². The third-order valence-corrected chi connectivity index (χ3v) is 4.08. The van der Waals surface area contributed by atoms with Crippen LogP contribution in [0.5, 0.6) is 11.5 Å². The summed E-state index contributed by atoms with van der Waals surface area (Å²) in [6, 6.07) is 14.0. The molecule has 21 heavy (non-hydrogen) atoms. The van der Waals surface area contributed by atoms with E-state index >= 15 is 0 Å². The molecule has 0 bridgehead atoms. The van der Waals surface area contributed by atoms with Crippen LogP contribution in [-0.2, 0) is 0 Å². The van der Waals surface area contributed by atoms with Gasteiger partial charge in [-0.05, 0) is 42.7 Å². The first-order valence-electron chi connectivity index (χ1n) is 7.36. The SMILES string of the molecule is Cc1cc2c(cc1C)OC(C(N)c1ccccc1)CCO2. The maximum absolute atomic E-state index is 6.38. The molecule has 1 aliphatic rings. The van der Waals surface area contributed by atoms with Gasteiger partial charge in [0.1, 0.15) is 6.10 Å². The van der Waals surface area contributed by atoms with Crippen molar-refractivity contribution in [3.05, 3.63) is 59.2 Å². The first-order valence-corrected chi connectivity index (χ1v) is 7.36. The highest BCUT2D eigenvalue weighted by molar-refractivity contribution is 5.47. The largest absolute Gasteiger partial charge is 0.490 e. The summed E-state index contributed by atoms with van der Waals surface area (Å²) in [4.78, 5) is 0. The van der Waals surface area contributed by atoms with Crippen LogP contribution < -0.4 is 15.2 Å². The molecule has 3 rings (SSSR count). The van der Waals surface area contributed by atoms with Crippen LogP contribution in [0.3, 0.4) is 0 Å². The van der Waals surface area contributed by atoms with Gasteiger partial charge in [0.15, 0.2) is 11.5 Å². The Kier molecular flexibility index (Phi) is 3.84. The van der Waals surface area contributed by atoms with Crippen LogP contribution in [0.25, 0.3) is 0 Å². The molecule has 2 N–H and O–H groups in total. The summed E-state index contributed by atoms with van der Waals surface area (Å²) in [5.41, 5.74) is 9.89. The Hall–Kier alpha value is -2.00. The zero-order valence-electron chi connectivity index (χ0n) is 12.5. The Bertz CT molecular complexity index is 625. The Morgan fingerprint density at radius 1 is 1.05 bits per heavy atom. The van der Waals surface area contributed by atoms with Gasteiger partial charge in [-0.1, -0.05) is 30.3 Å². The third kappa shape index (κ3) is 2.88.